The minimum atomic E-state index is -0.000869. The molecule has 0 N–H and O–H groups in total. The highest BCUT2D eigenvalue weighted by Gasteiger charge is 2.25. The summed E-state index contributed by atoms with van der Waals surface area (Å²) in [6.45, 7) is 0.120. The number of Topliss-reactive ketones (excluding diaryl/α,β-unsaturated/α-hetero) is 1. The van der Waals surface area contributed by atoms with Crippen LogP contribution in [0.5, 0.6) is 5.75 Å². The second kappa shape index (κ2) is 5.27. The van der Waals surface area contributed by atoms with E-state index < -0.39 is 0 Å². The molecule has 1 aliphatic rings. The predicted octanol–water partition coefficient (Wildman–Crippen LogP) is 4.21. The molecule has 19 heavy (non-hydrogen) atoms. The van der Waals surface area contributed by atoms with Gasteiger partial charge in [0.2, 0.25) is 5.78 Å². The van der Waals surface area contributed by atoms with Crippen molar-refractivity contribution in [2.45, 2.75) is 10.6 Å². The van der Waals surface area contributed by atoms with Crippen LogP contribution in [-0.2, 0) is 5.75 Å². The van der Waals surface area contributed by atoms with E-state index in [1.54, 1.807) is 17.8 Å². The number of carbonyl (C=O) groups is 1. The number of fused-ring (bicyclic) bond motifs is 1. The standard InChI is InChI=1S/C15H11ClO2S/c16-11-6-12-13(17)8-18-15(12)14(7-11)19-9-10-4-2-1-3-5-10/h1-7H,8-9H2. The fraction of sp³-hybridized carbons (Fsp3) is 0.133. The van der Waals surface area contributed by atoms with Gasteiger partial charge in [0.1, 0.15) is 5.75 Å². The maximum absolute atomic E-state index is 11.7. The Bertz CT molecular complexity index is 626. The zero-order valence-corrected chi connectivity index (χ0v) is 11.6. The van der Waals surface area contributed by atoms with Gasteiger partial charge >= 0.3 is 0 Å². The summed E-state index contributed by atoms with van der Waals surface area (Å²) in [5.74, 6) is 1.50. The number of halogens is 1. The fourth-order valence-corrected chi connectivity index (χ4v) is 3.29. The number of hydrogen-bond acceptors (Lipinski definition) is 3. The molecule has 1 aliphatic heterocycles. The molecule has 0 aliphatic carbocycles. The molecule has 0 amide bonds. The highest BCUT2D eigenvalue weighted by Crippen LogP contribution is 2.39. The Kier molecular flexibility index (Phi) is 3.49. The van der Waals surface area contributed by atoms with E-state index in [1.807, 2.05) is 24.3 Å². The van der Waals surface area contributed by atoms with Gasteiger partial charge in [-0.15, -0.1) is 11.8 Å². The Morgan fingerprint density at radius 1 is 1.21 bits per heavy atom. The molecular formula is C15H11ClO2S. The lowest BCUT2D eigenvalue weighted by Gasteiger charge is -2.07. The third-order valence-electron chi connectivity index (χ3n) is 2.90. The van der Waals surface area contributed by atoms with Crippen molar-refractivity contribution < 1.29 is 9.53 Å². The van der Waals surface area contributed by atoms with Gasteiger partial charge in [-0.05, 0) is 17.7 Å². The van der Waals surface area contributed by atoms with Crippen LogP contribution in [0.1, 0.15) is 15.9 Å². The van der Waals surface area contributed by atoms with E-state index in [9.17, 15) is 4.79 Å². The van der Waals surface area contributed by atoms with Gasteiger partial charge in [-0.3, -0.25) is 4.79 Å². The molecule has 2 aromatic rings. The topological polar surface area (TPSA) is 26.3 Å². The summed E-state index contributed by atoms with van der Waals surface area (Å²) in [7, 11) is 0. The highest BCUT2D eigenvalue weighted by atomic mass is 35.5. The largest absolute Gasteiger partial charge is 0.483 e. The third kappa shape index (κ3) is 2.62. The van der Waals surface area contributed by atoms with E-state index in [0.29, 0.717) is 16.3 Å². The number of thioether (sulfide) groups is 1. The molecule has 3 rings (SSSR count). The number of ketones is 1. The Balaban J connectivity index is 1.86. The summed E-state index contributed by atoms with van der Waals surface area (Å²) in [6.07, 6.45) is 0. The predicted molar refractivity (Wildman–Crippen MR) is 77.3 cm³/mol. The van der Waals surface area contributed by atoms with Crippen LogP contribution in [0.2, 0.25) is 5.02 Å². The molecule has 0 bridgehead atoms. The van der Waals surface area contributed by atoms with Crippen LogP contribution in [0.4, 0.5) is 0 Å². The second-order valence-corrected chi connectivity index (χ2v) is 5.72. The van der Waals surface area contributed by atoms with Crippen LogP contribution in [0.25, 0.3) is 0 Å². The molecule has 0 fully saturated rings. The van der Waals surface area contributed by atoms with Gasteiger partial charge in [-0.2, -0.15) is 0 Å². The molecule has 0 spiro atoms. The summed E-state index contributed by atoms with van der Waals surface area (Å²) in [4.78, 5) is 12.6. The molecule has 0 aromatic heterocycles. The summed E-state index contributed by atoms with van der Waals surface area (Å²) < 4.78 is 5.46. The minimum absolute atomic E-state index is 0.000869. The number of carbonyl (C=O) groups excluding carboxylic acids is 1. The van der Waals surface area contributed by atoms with Crippen LogP contribution in [0.15, 0.2) is 47.4 Å². The van der Waals surface area contributed by atoms with Crippen LogP contribution in [0.3, 0.4) is 0 Å². The molecule has 0 saturated heterocycles. The molecule has 4 heteroatoms. The molecule has 96 valence electrons. The molecule has 0 saturated carbocycles. The first kappa shape index (κ1) is 12.6. The van der Waals surface area contributed by atoms with Crippen molar-refractivity contribution >= 4 is 29.1 Å². The molecule has 2 nitrogen and oxygen atoms in total. The number of benzene rings is 2. The molecule has 0 unspecified atom stereocenters. The molecule has 1 heterocycles. The normalized spacial score (nSPS) is 13.2. The Hall–Kier alpha value is -1.45. The van der Waals surface area contributed by atoms with Crippen molar-refractivity contribution in [1.82, 2.24) is 0 Å². The second-order valence-electron chi connectivity index (χ2n) is 4.27. The van der Waals surface area contributed by atoms with Gasteiger partial charge in [0, 0.05) is 10.8 Å². The molecular weight excluding hydrogens is 280 g/mol. The van der Waals surface area contributed by atoms with Crippen molar-refractivity contribution in [3.63, 3.8) is 0 Å². The van der Waals surface area contributed by atoms with Gasteiger partial charge in [-0.25, -0.2) is 0 Å². The van der Waals surface area contributed by atoms with Crippen LogP contribution < -0.4 is 4.74 Å². The lowest BCUT2D eigenvalue weighted by Crippen LogP contribution is -1.98. The fourth-order valence-electron chi connectivity index (χ4n) is 1.98. The molecule has 2 aromatic carbocycles. The van der Waals surface area contributed by atoms with Gasteiger partial charge in [0.15, 0.2) is 6.61 Å². The van der Waals surface area contributed by atoms with E-state index in [2.05, 4.69) is 12.1 Å². The average Bonchev–Trinajstić information content (AvgIpc) is 2.79. The van der Waals surface area contributed by atoms with E-state index in [-0.39, 0.29) is 12.4 Å². The van der Waals surface area contributed by atoms with Crippen LogP contribution >= 0.6 is 23.4 Å². The molecule has 0 radical (unpaired) electrons. The number of rotatable bonds is 3. The van der Waals surface area contributed by atoms with Crippen molar-refractivity contribution in [2.75, 3.05) is 6.61 Å². The van der Waals surface area contributed by atoms with Crippen LogP contribution in [0, 0.1) is 0 Å². The lowest BCUT2D eigenvalue weighted by atomic mass is 10.1. The smallest absolute Gasteiger partial charge is 0.204 e. The summed E-state index contributed by atoms with van der Waals surface area (Å²) in [5.41, 5.74) is 1.83. The quantitative estimate of drug-likeness (QED) is 0.792. The maximum atomic E-state index is 11.7. The van der Waals surface area contributed by atoms with Crippen molar-refractivity contribution in [3.05, 3.63) is 58.6 Å². The van der Waals surface area contributed by atoms with Gasteiger partial charge in [0.25, 0.3) is 0 Å². The van der Waals surface area contributed by atoms with Gasteiger partial charge in [-0.1, -0.05) is 41.9 Å². The van der Waals surface area contributed by atoms with Crippen molar-refractivity contribution in [2.24, 2.45) is 0 Å². The monoisotopic (exact) mass is 290 g/mol. The Labute approximate surface area is 120 Å². The van der Waals surface area contributed by atoms with Crippen molar-refractivity contribution in [1.29, 1.82) is 0 Å². The summed E-state index contributed by atoms with van der Waals surface area (Å²) in [6, 6.07) is 13.7. The van der Waals surface area contributed by atoms with Gasteiger partial charge < -0.3 is 4.74 Å². The van der Waals surface area contributed by atoms with Crippen LogP contribution in [-0.4, -0.2) is 12.4 Å². The van der Waals surface area contributed by atoms with Crippen molar-refractivity contribution in [3.8, 4) is 5.75 Å². The van der Waals surface area contributed by atoms with Gasteiger partial charge in [0.05, 0.1) is 10.5 Å². The first-order valence-electron chi connectivity index (χ1n) is 5.90. The number of hydrogen-bond donors (Lipinski definition) is 0. The summed E-state index contributed by atoms with van der Waals surface area (Å²) in [5, 5.41) is 0.577. The zero-order chi connectivity index (χ0) is 13.2. The van der Waals surface area contributed by atoms with E-state index in [4.69, 9.17) is 16.3 Å². The summed E-state index contributed by atoms with van der Waals surface area (Å²) >= 11 is 7.69. The first-order chi connectivity index (χ1) is 9.24. The average molecular weight is 291 g/mol. The Morgan fingerprint density at radius 3 is 2.79 bits per heavy atom. The maximum Gasteiger partial charge on any atom is 0.204 e. The van der Waals surface area contributed by atoms with E-state index in [0.717, 1.165) is 10.6 Å². The first-order valence-corrected chi connectivity index (χ1v) is 7.26. The van der Waals surface area contributed by atoms with E-state index in [1.165, 1.54) is 5.56 Å². The third-order valence-corrected chi connectivity index (χ3v) is 4.21. The highest BCUT2D eigenvalue weighted by molar-refractivity contribution is 7.98. The number of ether oxygens (including phenoxy) is 1. The Morgan fingerprint density at radius 2 is 2.00 bits per heavy atom. The zero-order valence-electron chi connectivity index (χ0n) is 10.1. The SMILES string of the molecule is O=C1COc2c(SCc3ccccc3)cc(Cl)cc21. The van der Waals surface area contributed by atoms with E-state index >= 15 is 0 Å². The minimum Gasteiger partial charge on any atom is -0.483 e. The molecule has 0 atom stereocenters. The lowest BCUT2D eigenvalue weighted by molar-refractivity contribution is 0.0960.